The van der Waals surface area contributed by atoms with E-state index in [0.717, 1.165) is 6.42 Å². The number of carbonyl (C=O) groups excluding carboxylic acids is 1. The molecule has 1 aromatic rings. The van der Waals surface area contributed by atoms with Crippen LogP contribution >= 0.6 is 0 Å². The Kier molecular flexibility index (Phi) is 9.42. The number of amides is 1. The number of aliphatic hydroxyl groups is 2. The van der Waals surface area contributed by atoms with Crippen LogP contribution in [0.2, 0.25) is 0 Å². The molecule has 3 rings (SSSR count). The van der Waals surface area contributed by atoms with Gasteiger partial charge in [-0.25, -0.2) is 4.79 Å². The number of rotatable bonds is 8. The average molecular weight is 509 g/mol. The summed E-state index contributed by atoms with van der Waals surface area (Å²) in [6.45, 7) is 7.60. The maximum absolute atomic E-state index is 12.8. The Morgan fingerprint density at radius 1 is 1.28 bits per heavy atom. The number of likely N-dealkylation sites (N-methyl/N-ethyl adjacent to an activating group) is 1. The highest BCUT2D eigenvalue weighted by Gasteiger charge is 2.46. The minimum absolute atomic E-state index is 0.112. The van der Waals surface area contributed by atoms with E-state index in [1.165, 1.54) is 4.57 Å². The van der Waals surface area contributed by atoms with E-state index in [1.54, 1.807) is 18.3 Å². The number of nitrogens with two attached hydrogens (primary N) is 1. The molecular formula is C25H40N4O7. The van der Waals surface area contributed by atoms with Crippen LogP contribution in [0.25, 0.3) is 5.57 Å². The number of ether oxygens (including phenoxy) is 3. The Balaban J connectivity index is 1.68. The van der Waals surface area contributed by atoms with Crippen LogP contribution < -0.4 is 11.4 Å². The van der Waals surface area contributed by atoms with Crippen molar-refractivity contribution in [1.82, 2.24) is 14.5 Å². The third-order valence-electron chi connectivity index (χ3n) is 7.08. The maximum atomic E-state index is 12.8. The lowest BCUT2D eigenvalue weighted by Crippen LogP contribution is -2.62. The number of primary amides is 1. The van der Waals surface area contributed by atoms with Crippen molar-refractivity contribution in [2.24, 2.45) is 11.7 Å². The molecule has 2 saturated heterocycles. The Bertz CT molecular complexity index is 997. The van der Waals surface area contributed by atoms with E-state index in [1.807, 2.05) is 46.7 Å². The molecule has 202 valence electrons. The Labute approximate surface area is 211 Å². The van der Waals surface area contributed by atoms with E-state index in [9.17, 15) is 19.8 Å². The number of nitrogens with zero attached hydrogens (tertiary/aromatic N) is 3. The first kappa shape index (κ1) is 28.4. The summed E-state index contributed by atoms with van der Waals surface area (Å²) in [5, 5.41) is 21.1. The highest BCUT2D eigenvalue weighted by atomic mass is 16.7. The van der Waals surface area contributed by atoms with Gasteiger partial charge in [0.15, 0.2) is 6.29 Å². The minimum atomic E-state index is -1.21. The van der Waals surface area contributed by atoms with Crippen LogP contribution in [0.15, 0.2) is 23.1 Å². The van der Waals surface area contributed by atoms with Gasteiger partial charge < -0.3 is 35.1 Å². The molecule has 0 saturated carbocycles. The number of aromatic nitrogens is 2. The molecule has 11 heteroatoms. The van der Waals surface area contributed by atoms with Gasteiger partial charge in [0.2, 0.25) is 0 Å². The lowest BCUT2D eigenvalue weighted by atomic mass is 9.96. The van der Waals surface area contributed by atoms with Gasteiger partial charge in [0.1, 0.15) is 18.4 Å². The van der Waals surface area contributed by atoms with Crippen LogP contribution in [0.5, 0.6) is 0 Å². The second kappa shape index (κ2) is 11.9. The predicted octanol–water partition coefficient (Wildman–Crippen LogP) is 0.638. The summed E-state index contributed by atoms with van der Waals surface area (Å²) in [6, 6.07) is 1.23. The van der Waals surface area contributed by atoms with E-state index in [0.29, 0.717) is 12.8 Å². The van der Waals surface area contributed by atoms with E-state index in [2.05, 4.69) is 4.98 Å². The van der Waals surface area contributed by atoms with Crippen LogP contribution in [0.1, 0.15) is 58.9 Å². The van der Waals surface area contributed by atoms with Crippen LogP contribution in [0.3, 0.4) is 0 Å². The van der Waals surface area contributed by atoms with Crippen LogP contribution in [-0.4, -0.2) is 87.5 Å². The lowest BCUT2D eigenvalue weighted by molar-refractivity contribution is -0.310. The first-order valence-electron chi connectivity index (χ1n) is 12.5. The van der Waals surface area contributed by atoms with Crippen molar-refractivity contribution in [1.29, 1.82) is 0 Å². The van der Waals surface area contributed by atoms with Gasteiger partial charge in [-0.05, 0) is 52.8 Å². The van der Waals surface area contributed by atoms with Crippen LogP contribution in [0, 0.1) is 5.92 Å². The standard InChI is InChI=1S/C25H40N4O7/c1-7-13(2)12-16(23(26)32)17-10-11-29(25(33)27-17)19-9-8-18(14(3)34-19)36-24-22(31)21(30)20(28(5)6)15(4)35-24/h10-15,18-22,24,30-31H,7-9H2,1-6H3,(H2,26,32). The third-order valence-corrected chi connectivity index (χ3v) is 7.08. The molecule has 0 spiro atoms. The van der Waals surface area contributed by atoms with E-state index in [-0.39, 0.29) is 29.3 Å². The number of hydrogen-bond donors (Lipinski definition) is 3. The van der Waals surface area contributed by atoms with Crippen molar-refractivity contribution in [3.63, 3.8) is 0 Å². The average Bonchev–Trinajstić information content (AvgIpc) is 2.81. The van der Waals surface area contributed by atoms with Gasteiger partial charge in [-0.15, -0.1) is 0 Å². The summed E-state index contributed by atoms with van der Waals surface area (Å²) in [5.41, 5.74) is 5.44. The molecule has 2 aliphatic heterocycles. The molecule has 0 aromatic carbocycles. The molecule has 0 bridgehead atoms. The van der Waals surface area contributed by atoms with Gasteiger partial charge in [-0.1, -0.05) is 26.3 Å². The summed E-state index contributed by atoms with van der Waals surface area (Å²) in [6.07, 6.45) is 0.148. The van der Waals surface area contributed by atoms with Crippen LogP contribution in [-0.2, 0) is 19.0 Å². The molecule has 36 heavy (non-hydrogen) atoms. The number of aliphatic hydroxyl groups excluding tert-OH is 2. The van der Waals surface area contributed by atoms with Gasteiger partial charge in [-0.2, -0.15) is 4.98 Å². The molecule has 1 aromatic heterocycles. The first-order valence-corrected chi connectivity index (χ1v) is 12.5. The highest BCUT2D eigenvalue weighted by molar-refractivity contribution is 6.18. The molecule has 2 aliphatic rings. The van der Waals surface area contributed by atoms with E-state index < -0.39 is 48.5 Å². The smallest absolute Gasteiger partial charge is 0.350 e. The summed E-state index contributed by atoms with van der Waals surface area (Å²) in [4.78, 5) is 30.6. The van der Waals surface area contributed by atoms with Crippen molar-refractivity contribution in [3.05, 3.63) is 34.5 Å². The van der Waals surface area contributed by atoms with Gasteiger partial charge in [-0.3, -0.25) is 9.36 Å². The molecule has 9 unspecified atom stereocenters. The fraction of sp³-hybridized carbons (Fsp3) is 0.720. The lowest BCUT2D eigenvalue weighted by Gasteiger charge is -2.46. The Morgan fingerprint density at radius 3 is 2.53 bits per heavy atom. The summed E-state index contributed by atoms with van der Waals surface area (Å²) in [5.74, 6) is -0.522. The van der Waals surface area contributed by atoms with Crippen molar-refractivity contribution in [3.8, 4) is 0 Å². The monoisotopic (exact) mass is 508 g/mol. The maximum Gasteiger partial charge on any atom is 0.350 e. The van der Waals surface area contributed by atoms with Gasteiger partial charge in [0.25, 0.3) is 5.91 Å². The van der Waals surface area contributed by atoms with Gasteiger partial charge >= 0.3 is 5.69 Å². The summed E-state index contributed by atoms with van der Waals surface area (Å²) < 4.78 is 19.4. The third kappa shape index (κ3) is 6.21. The van der Waals surface area contributed by atoms with Crippen molar-refractivity contribution in [2.45, 2.75) is 96.0 Å². The Morgan fingerprint density at radius 2 is 1.97 bits per heavy atom. The second-order valence-electron chi connectivity index (χ2n) is 10.0. The number of hydrogen-bond acceptors (Lipinski definition) is 9. The predicted molar refractivity (Wildman–Crippen MR) is 133 cm³/mol. The van der Waals surface area contributed by atoms with Crippen molar-refractivity contribution >= 4 is 11.5 Å². The molecule has 2 fully saturated rings. The molecule has 11 nitrogen and oxygen atoms in total. The molecule has 4 N–H and O–H groups in total. The fourth-order valence-electron chi connectivity index (χ4n) is 4.83. The van der Waals surface area contributed by atoms with E-state index >= 15 is 0 Å². The SMILES string of the molecule is CCC(C)C=C(C(N)=O)c1ccn(C2CCC(OC3OC(C)C(N(C)C)C(O)C3O)C(C)O2)c(=O)n1. The van der Waals surface area contributed by atoms with Crippen LogP contribution in [0.4, 0.5) is 0 Å². The Hall–Kier alpha value is -2.15. The zero-order valence-corrected chi connectivity index (χ0v) is 21.9. The molecular weight excluding hydrogens is 468 g/mol. The topological polar surface area (TPSA) is 149 Å². The minimum Gasteiger partial charge on any atom is -0.388 e. The van der Waals surface area contributed by atoms with Gasteiger partial charge in [0, 0.05) is 6.20 Å². The highest BCUT2D eigenvalue weighted by Crippen LogP contribution is 2.32. The summed E-state index contributed by atoms with van der Waals surface area (Å²) in [7, 11) is 3.64. The molecule has 1 amide bonds. The molecule has 0 aliphatic carbocycles. The largest absolute Gasteiger partial charge is 0.388 e. The number of allylic oxidation sites excluding steroid dienone is 1. The quantitative estimate of drug-likeness (QED) is 0.430. The zero-order chi connectivity index (χ0) is 26.7. The zero-order valence-electron chi connectivity index (χ0n) is 21.9. The van der Waals surface area contributed by atoms with Gasteiger partial charge in [0.05, 0.1) is 35.6 Å². The first-order chi connectivity index (χ1) is 16.9. The summed E-state index contributed by atoms with van der Waals surface area (Å²) >= 11 is 0. The fourth-order valence-corrected chi connectivity index (χ4v) is 4.83. The normalized spacial score (nSPS) is 34.5. The van der Waals surface area contributed by atoms with Crippen molar-refractivity contribution in [2.75, 3.05) is 14.1 Å². The number of carbonyl (C=O) groups is 1. The van der Waals surface area contributed by atoms with E-state index in [4.69, 9.17) is 19.9 Å². The molecule has 3 heterocycles. The van der Waals surface area contributed by atoms with Crippen molar-refractivity contribution < 1.29 is 29.2 Å². The molecule has 0 radical (unpaired) electrons. The molecule has 9 atom stereocenters. The second-order valence-corrected chi connectivity index (χ2v) is 10.0.